The lowest BCUT2D eigenvalue weighted by molar-refractivity contribution is 0.550. The summed E-state index contributed by atoms with van der Waals surface area (Å²) in [6, 6.07) is 13.6. The van der Waals surface area contributed by atoms with Gasteiger partial charge in [-0.15, -0.1) is 11.3 Å². The first-order chi connectivity index (χ1) is 8.76. The van der Waals surface area contributed by atoms with Crippen LogP contribution in [0.4, 0.5) is 0 Å². The molecule has 0 aliphatic carbocycles. The van der Waals surface area contributed by atoms with Crippen LogP contribution in [0.5, 0.6) is 0 Å². The van der Waals surface area contributed by atoms with Crippen molar-refractivity contribution in [1.82, 2.24) is 5.32 Å². The molecule has 0 radical (unpaired) electrons. The van der Waals surface area contributed by atoms with Crippen LogP contribution in [0, 0.1) is 3.57 Å². The minimum Gasteiger partial charge on any atom is -0.312 e. The fraction of sp³-hybridized carbons (Fsp3) is 0.333. The zero-order valence-corrected chi connectivity index (χ0v) is 13.7. The fourth-order valence-electron chi connectivity index (χ4n) is 2.06. The second-order valence-electron chi connectivity index (χ2n) is 4.31. The zero-order valence-electron chi connectivity index (χ0n) is 10.7. The average Bonchev–Trinajstić information content (AvgIpc) is 2.85. The number of nitrogens with one attached hydrogen (secondary N) is 1. The van der Waals surface area contributed by atoms with Crippen LogP contribution in [0.3, 0.4) is 0 Å². The van der Waals surface area contributed by atoms with Crippen molar-refractivity contribution in [3.63, 3.8) is 0 Å². The molecule has 0 saturated heterocycles. The highest BCUT2D eigenvalue weighted by Gasteiger charge is 2.12. The second kappa shape index (κ2) is 6.68. The van der Waals surface area contributed by atoms with E-state index >= 15 is 0 Å². The van der Waals surface area contributed by atoms with Gasteiger partial charge >= 0.3 is 0 Å². The van der Waals surface area contributed by atoms with Gasteiger partial charge in [0.15, 0.2) is 0 Å². The molecule has 0 aliphatic heterocycles. The van der Waals surface area contributed by atoms with Crippen molar-refractivity contribution in [2.24, 2.45) is 0 Å². The molecule has 18 heavy (non-hydrogen) atoms. The Balaban J connectivity index is 2.28. The molecule has 1 aromatic heterocycles. The predicted octanol–water partition coefficient (Wildman–Crippen LogP) is 5.08. The molecule has 1 atom stereocenters. The summed E-state index contributed by atoms with van der Waals surface area (Å²) < 4.78 is 1.32. The Kier molecular flexibility index (Phi) is 5.21. The Bertz CT molecular complexity index is 507. The number of rotatable bonds is 5. The Labute approximate surface area is 127 Å². The van der Waals surface area contributed by atoms with Crippen molar-refractivity contribution in [2.75, 3.05) is 7.05 Å². The van der Waals surface area contributed by atoms with Crippen molar-refractivity contribution < 1.29 is 0 Å². The van der Waals surface area contributed by atoms with E-state index in [1.54, 1.807) is 0 Å². The third-order valence-electron chi connectivity index (χ3n) is 3.04. The van der Waals surface area contributed by atoms with Gasteiger partial charge in [-0.1, -0.05) is 31.5 Å². The normalized spacial score (nSPS) is 12.6. The van der Waals surface area contributed by atoms with Crippen molar-refractivity contribution >= 4 is 33.9 Å². The SMILES string of the molecule is CCCC(NC)c1ccc(-c2ccccc2I)s1. The van der Waals surface area contributed by atoms with Crippen LogP contribution in [-0.2, 0) is 0 Å². The summed E-state index contributed by atoms with van der Waals surface area (Å²) in [7, 11) is 2.05. The van der Waals surface area contributed by atoms with Gasteiger partial charge in [-0.3, -0.25) is 0 Å². The van der Waals surface area contributed by atoms with Gasteiger partial charge in [0.2, 0.25) is 0 Å². The molecule has 1 nitrogen and oxygen atoms in total. The molecule has 0 bridgehead atoms. The van der Waals surface area contributed by atoms with Gasteiger partial charge in [0, 0.05) is 24.9 Å². The lowest BCUT2D eigenvalue weighted by Gasteiger charge is -2.12. The van der Waals surface area contributed by atoms with Gasteiger partial charge in [0.05, 0.1) is 0 Å². The standard InChI is InChI=1S/C15H18INS/c1-3-6-13(17-2)15-10-9-14(18-15)11-7-4-5-8-12(11)16/h4-5,7-10,13,17H,3,6H2,1-2H3. The number of hydrogen-bond donors (Lipinski definition) is 1. The van der Waals surface area contributed by atoms with Crippen LogP contribution in [0.15, 0.2) is 36.4 Å². The Hall–Kier alpha value is -0.390. The highest BCUT2D eigenvalue weighted by Crippen LogP contribution is 2.34. The fourth-order valence-corrected chi connectivity index (χ4v) is 4.12. The minimum absolute atomic E-state index is 0.495. The maximum absolute atomic E-state index is 3.41. The summed E-state index contributed by atoms with van der Waals surface area (Å²) in [5, 5.41) is 3.41. The maximum atomic E-state index is 3.41. The summed E-state index contributed by atoms with van der Waals surface area (Å²) >= 11 is 4.31. The van der Waals surface area contributed by atoms with Gasteiger partial charge in [-0.05, 0) is 54.3 Å². The molecule has 96 valence electrons. The first-order valence-corrected chi connectivity index (χ1v) is 8.17. The molecule has 1 heterocycles. The van der Waals surface area contributed by atoms with Crippen LogP contribution in [0.2, 0.25) is 0 Å². The molecule has 3 heteroatoms. The van der Waals surface area contributed by atoms with Crippen LogP contribution >= 0.6 is 33.9 Å². The van der Waals surface area contributed by atoms with E-state index in [0.717, 1.165) is 0 Å². The molecule has 0 amide bonds. The Morgan fingerprint density at radius 3 is 2.67 bits per heavy atom. The van der Waals surface area contributed by atoms with Gasteiger partial charge < -0.3 is 5.32 Å². The topological polar surface area (TPSA) is 12.0 Å². The summed E-state index contributed by atoms with van der Waals surface area (Å²) in [5.74, 6) is 0. The smallest absolute Gasteiger partial charge is 0.0412 e. The van der Waals surface area contributed by atoms with Crippen molar-refractivity contribution in [3.05, 3.63) is 44.8 Å². The molecule has 0 aliphatic rings. The second-order valence-corrected chi connectivity index (χ2v) is 6.59. The molecule has 1 N–H and O–H groups in total. The Morgan fingerprint density at radius 1 is 1.22 bits per heavy atom. The van der Waals surface area contributed by atoms with E-state index in [1.165, 1.54) is 31.7 Å². The third-order valence-corrected chi connectivity index (χ3v) is 5.21. The molecular formula is C15H18INS. The molecule has 1 aromatic carbocycles. The molecule has 1 unspecified atom stereocenters. The van der Waals surface area contributed by atoms with E-state index in [0.29, 0.717) is 6.04 Å². The van der Waals surface area contributed by atoms with E-state index in [-0.39, 0.29) is 0 Å². The van der Waals surface area contributed by atoms with E-state index in [1.807, 2.05) is 18.4 Å². The molecule has 0 saturated carbocycles. The van der Waals surface area contributed by atoms with E-state index < -0.39 is 0 Å². The number of halogens is 1. The number of hydrogen-bond acceptors (Lipinski definition) is 2. The number of thiophene rings is 1. The molecular weight excluding hydrogens is 353 g/mol. The van der Waals surface area contributed by atoms with Crippen molar-refractivity contribution in [2.45, 2.75) is 25.8 Å². The number of benzene rings is 1. The first kappa shape index (κ1) is 14.0. The summed E-state index contributed by atoms with van der Waals surface area (Å²) in [4.78, 5) is 2.81. The molecule has 2 aromatic rings. The van der Waals surface area contributed by atoms with Gasteiger partial charge in [0.25, 0.3) is 0 Å². The largest absolute Gasteiger partial charge is 0.312 e. The Morgan fingerprint density at radius 2 is 2.00 bits per heavy atom. The van der Waals surface area contributed by atoms with Crippen LogP contribution in [0.25, 0.3) is 10.4 Å². The van der Waals surface area contributed by atoms with Crippen molar-refractivity contribution in [1.29, 1.82) is 0 Å². The lowest BCUT2D eigenvalue weighted by Crippen LogP contribution is -2.14. The first-order valence-electron chi connectivity index (χ1n) is 6.28. The van der Waals surface area contributed by atoms with E-state index in [9.17, 15) is 0 Å². The lowest BCUT2D eigenvalue weighted by atomic mass is 10.1. The molecule has 2 rings (SSSR count). The van der Waals surface area contributed by atoms with Crippen LogP contribution in [0.1, 0.15) is 30.7 Å². The monoisotopic (exact) mass is 371 g/mol. The maximum Gasteiger partial charge on any atom is 0.0412 e. The summed E-state index contributed by atoms with van der Waals surface area (Å²) in [6.07, 6.45) is 2.41. The highest BCUT2D eigenvalue weighted by molar-refractivity contribution is 14.1. The van der Waals surface area contributed by atoms with Gasteiger partial charge in [-0.2, -0.15) is 0 Å². The van der Waals surface area contributed by atoms with Gasteiger partial charge in [-0.25, -0.2) is 0 Å². The quantitative estimate of drug-likeness (QED) is 0.723. The minimum atomic E-state index is 0.495. The van der Waals surface area contributed by atoms with Crippen LogP contribution < -0.4 is 5.32 Å². The van der Waals surface area contributed by atoms with Crippen molar-refractivity contribution in [3.8, 4) is 10.4 Å². The summed E-state index contributed by atoms with van der Waals surface area (Å²) in [5.41, 5.74) is 1.35. The molecule has 0 fully saturated rings. The highest BCUT2D eigenvalue weighted by atomic mass is 127. The zero-order chi connectivity index (χ0) is 13.0. The average molecular weight is 371 g/mol. The molecule has 0 spiro atoms. The third kappa shape index (κ3) is 3.13. The van der Waals surface area contributed by atoms with Crippen LogP contribution in [-0.4, -0.2) is 7.05 Å². The van der Waals surface area contributed by atoms with E-state index in [2.05, 4.69) is 71.2 Å². The van der Waals surface area contributed by atoms with E-state index in [4.69, 9.17) is 0 Å². The summed E-state index contributed by atoms with van der Waals surface area (Å²) in [6.45, 7) is 2.24. The predicted molar refractivity (Wildman–Crippen MR) is 89.2 cm³/mol. The van der Waals surface area contributed by atoms with Gasteiger partial charge in [0.1, 0.15) is 0 Å².